The van der Waals surface area contributed by atoms with E-state index in [0.29, 0.717) is 37.2 Å². The number of amides is 1. The van der Waals surface area contributed by atoms with Crippen LogP contribution in [0.15, 0.2) is 77.6 Å². The quantitative estimate of drug-likeness (QED) is 0.491. The van der Waals surface area contributed by atoms with E-state index < -0.39 is 0 Å². The molecule has 1 amide bonds. The van der Waals surface area contributed by atoms with Gasteiger partial charge in [0.15, 0.2) is 0 Å². The molecule has 33 heavy (non-hydrogen) atoms. The van der Waals surface area contributed by atoms with Crippen LogP contribution in [-0.2, 0) is 6.61 Å². The van der Waals surface area contributed by atoms with Crippen LogP contribution in [0, 0.1) is 5.82 Å². The van der Waals surface area contributed by atoms with Crippen molar-refractivity contribution < 1.29 is 13.9 Å². The zero-order chi connectivity index (χ0) is 22.8. The number of para-hydroxylation sites is 3. The molecule has 0 atom stereocenters. The Bertz CT molecular complexity index is 1330. The van der Waals surface area contributed by atoms with Crippen LogP contribution in [-0.4, -0.2) is 33.4 Å². The van der Waals surface area contributed by atoms with E-state index in [2.05, 4.69) is 4.98 Å². The van der Waals surface area contributed by atoms with E-state index >= 15 is 0 Å². The Kier molecular flexibility index (Phi) is 5.69. The van der Waals surface area contributed by atoms with E-state index in [0.717, 1.165) is 16.6 Å². The normalized spacial score (nSPS) is 14.5. The zero-order valence-corrected chi connectivity index (χ0v) is 18.0. The molecule has 1 fully saturated rings. The van der Waals surface area contributed by atoms with Gasteiger partial charge in [0.25, 0.3) is 5.91 Å². The summed E-state index contributed by atoms with van der Waals surface area (Å²) in [5.74, 6) is 0.115. The van der Waals surface area contributed by atoms with Crippen LogP contribution in [0.2, 0.25) is 0 Å². The van der Waals surface area contributed by atoms with Crippen LogP contribution in [0.4, 0.5) is 4.39 Å². The Morgan fingerprint density at radius 2 is 1.67 bits per heavy atom. The number of halogens is 1. The Morgan fingerprint density at radius 1 is 0.970 bits per heavy atom. The van der Waals surface area contributed by atoms with Crippen molar-refractivity contribution in [3.05, 3.63) is 100 Å². The first-order chi connectivity index (χ1) is 16.1. The SMILES string of the molecule is O=C(c1ccccc1OCc1ccc(F)cc1)N1CCC(n2c(=O)[nH]c3ccccc32)CC1. The van der Waals surface area contributed by atoms with Crippen LogP contribution in [0.25, 0.3) is 11.0 Å². The van der Waals surface area contributed by atoms with Gasteiger partial charge in [0.05, 0.1) is 16.6 Å². The van der Waals surface area contributed by atoms with Crippen LogP contribution < -0.4 is 10.4 Å². The standard InChI is InChI=1S/C26H24FN3O3/c27-19-11-9-18(10-12-19)17-33-24-8-4-1-5-21(24)25(31)29-15-13-20(14-16-29)30-23-7-3-2-6-22(23)28-26(30)32/h1-12,20H,13-17H2,(H,28,32). The van der Waals surface area contributed by atoms with Gasteiger partial charge in [0, 0.05) is 19.1 Å². The molecule has 0 bridgehead atoms. The lowest BCUT2D eigenvalue weighted by atomic mass is 10.0. The molecular formula is C26H24FN3O3. The fourth-order valence-corrected chi connectivity index (χ4v) is 4.45. The predicted octanol–water partition coefficient (Wildman–Crippen LogP) is 4.53. The lowest BCUT2D eigenvalue weighted by Crippen LogP contribution is -2.40. The summed E-state index contributed by atoms with van der Waals surface area (Å²) < 4.78 is 20.8. The highest BCUT2D eigenvalue weighted by Crippen LogP contribution is 2.28. The zero-order valence-electron chi connectivity index (χ0n) is 18.0. The molecule has 168 valence electrons. The number of benzene rings is 3. The van der Waals surface area contributed by atoms with Crippen molar-refractivity contribution in [3.63, 3.8) is 0 Å². The summed E-state index contributed by atoms with van der Waals surface area (Å²) in [7, 11) is 0. The van der Waals surface area contributed by atoms with Gasteiger partial charge in [-0.3, -0.25) is 9.36 Å². The summed E-state index contributed by atoms with van der Waals surface area (Å²) in [4.78, 5) is 30.5. The Hall–Kier alpha value is -3.87. The fourth-order valence-electron chi connectivity index (χ4n) is 4.45. The summed E-state index contributed by atoms with van der Waals surface area (Å²) in [6, 6.07) is 21.0. The molecular weight excluding hydrogens is 421 g/mol. The molecule has 0 aliphatic carbocycles. The average molecular weight is 445 g/mol. The van der Waals surface area contributed by atoms with E-state index in [4.69, 9.17) is 4.74 Å². The number of ether oxygens (including phenoxy) is 1. The van der Waals surface area contributed by atoms with Crippen molar-refractivity contribution in [2.24, 2.45) is 0 Å². The number of fused-ring (bicyclic) bond motifs is 1. The average Bonchev–Trinajstić information content (AvgIpc) is 3.19. The van der Waals surface area contributed by atoms with Crippen molar-refractivity contribution in [2.75, 3.05) is 13.1 Å². The summed E-state index contributed by atoms with van der Waals surface area (Å²) >= 11 is 0. The number of carbonyl (C=O) groups is 1. The van der Waals surface area contributed by atoms with Crippen LogP contribution in [0.5, 0.6) is 5.75 Å². The Morgan fingerprint density at radius 3 is 2.45 bits per heavy atom. The van der Waals surface area contributed by atoms with Gasteiger partial charge in [-0.1, -0.05) is 36.4 Å². The number of rotatable bonds is 5. The number of H-pyrrole nitrogens is 1. The van der Waals surface area contributed by atoms with Crippen molar-refractivity contribution >= 4 is 16.9 Å². The molecule has 0 unspecified atom stereocenters. The number of aromatic nitrogens is 2. The predicted molar refractivity (Wildman–Crippen MR) is 124 cm³/mol. The number of aromatic amines is 1. The van der Waals surface area contributed by atoms with Crippen LogP contribution in [0.3, 0.4) is 0 Å². The third-order valence-electron chi connectivity index (χ3n) is 6.17. The topological polar surface area (TPSA) is 67.3 Å². The molecule has 1 aromatic heterocycles. The van der Waals surface area contributed by atoms with Crippen molar-refractivity contribution in [3.8, 4) is 5.75 Å². The van der Waals surface area contributed by atoms with Crippen molar-refractivity contribution in [1.29, 1.82) is 0 Å². The van der Waals surface area contributed by atoms with E-state index in [1.165, 1.54) is 12.1 Å². The molecule has 5 rings (SSSR count). The molecule has 3 aromatic carbocycles. The molecule has 7 heteroatoms. The molecule has 1 N–H and O–H groups in total. The first kappa shape index (κ1) is 21.0. The van der Waals surface area contributed by atoms with Gasteiger partial charge in [0.2, 0.25) is 0 Å². The molecule has 6 nitrogen and oxygen atoms in total. The van der Waals surface area contributed by atoms with Gasteiger partial charge < -0.3 is 14.6 Å². The van der Waals surface area contributed by atoms with Gasteiger partial charge >= 0.3 is 5.69 Å². The largest absolute Gasteiger partial charge is 0.488 e. The Balaban J connectivity index is 1.28. The van der Waals surface area contributed by atoms with Crippen LogP contribution in [0.1, 0.15) is 34.8 Å². The number of carbonyl (C=O) groups excluding carboxylic acids is 1. The molecule has 2 heterocycles. The van der Waals surface area contributed by atoms with Gasteiger partial charge in [-0.15, -0.1) is 0 Å². The van der Waals surface area contributed by atoms with Crippen LogP contribution >= 0.6 is 0 Å². The van der Waals surface area contributed by atoms with Gasteiger partial charge in [-0.25, -0.2) is 9.18 Å². The number of hydrogen-bond donors (Lipinski definition) is 1. The van der Waals surface area contributed by atoms with Crippen molar-refractivity contribution in [2.45, 2.75) is 25.5 Å². The minimum absolute atomic E-state index is 0.0441. The molecule has 1 saturated heterocycles. The maximum atomic E-state index is 13.3. The maximum Gasteiger partial charge on any atom is 0.326 e. The summed E-state index contributed by atoms with van der Waals surface area (Å²) in [5, 5.41) is 0. The molecule has 0 saturated carbocycles. The summed E-state index contributed by atoms with van der Waals surface area (Å²) in [6.07, 6.45) is 1.40. The minimum Gasteiger partial charge on any atom is -0.488 e. The minimum atomic E-state index is -0.298. The fraction of sp³-hybridized carbons (Fsp3) is 0.231. The third-order valence-corrected chi connectivity index (χ3v) is 6.17. The maximum absolute atomic E-state index is 13.3. The summed E-state index contributed by atoms with van der Waals surface area (Å²) in [6.45, 7) is 1.36. The first-order valence-electron chi connectivity index (χ1n) is 11.0. The number of nitrogens with zero attached hydrogens (tertiary/aromatic N) is 2. The summed E-state index contributed by atoms with van der Waals surface area (Å²) in [5.41, 5.74) is 2.94. The Labute approximate surface area is 190 Å². The van der Waals surface area contributed by atoms with Crippen molar-refractivity contribution in [1.82, 2.24) is 14.5 Å². The third kappa shape index (κ3) is 4.26. The van der Waals surface area contributed by atoms with E-state index in [1.54, 1.807) is 24.3 Å². The first-order valence-corrected chi connectivity index (χ1v) is 11.0. The monoisotopic (exact) mass is 445 g/mol. The lowest BCUT2D eigenvalue weighted by Gasteiger charge is -2.33. The highest BCUT2D eigenvalue weighted by atomic mass is 19.1. The second-order valence-corrected chi connectivity index (χ2v) is 8.25. The number of piperidine rings is 1. The smallest absolute Gasteiger partial charge is 0.326 e. The molecule has 4 aromatic rings. The lowest BCUT2D eigenvalue weighted by molar-refractivity contribution is 0.0690. The highest BCUT2D eigenvalue weighted by Gasteiger charge is 2.27. The molecule has 1 aliphatic heterocycles. The molecule has 1 aliphatic rings. The molecule has 0 spiro atoms. The van der Waals surface area contributed by atoms with Gasteiger partial charge in [0.1, 0.15) is 18.2 Å². The second kappa shape index (κ2) is 8.94. The number of hydrogen-bond acceptors (Lipinski definition) is 3. The molecule has 0 radical (unpaired) electrons. The number of nitrogens with one attached hydrogen (secondary N) is 1. The number of likely N-dealkylation sites (tertiary alicyclic amines) is 1. The van der Waals surface area contributed by atoms with E-state index in [-0.39, 0.29) is 30.1 Å². The second-order valence-electron chi connectivity index (χ2n) is 8.25. The number of imidazole rings is 1. The van der Waals surface area contributed by atoms with Gasteiger partial charge in [-0.05, 0) is 54.8 Å². The van der Waals surface area contributed by atoms with E-state index in [1.807, 2.05) is 45.9 Å². The highest BCUT2D eigenvalue weighted by molar-refractivity contribution is 5.97. The van der Waals surface area contributed by atoms with E-state index in [9.17, 15) is 14.0 Å². The van der Waals surface area contributed by atoms with Gasteiger partial charge in [-0.2, -0.15) is 0 Å².